The number of amides is 1. The third-order valence-electron chi connectivity index (χ3n) is 4.56. The maximum absolute atomic E-state index is 12.9. The van der Waals surface area contributed by atoms with Gasteiger partial charge in [0, 0.05) is 22.0 Å². The zero-order valence-corrected chi connectivity index (χ0v) is 18.5. The van der Waals surface area contributed by atoms with E-state index >= 15 is 0 Å². The first-order valence-electron chi connectivity index (χ1n) is 9.68. The van der Waals surface area contributed by atoms with Gasteiger partial charge in [0.1, 0.15) is 0 Å². The topological polar surface area (TPSA) is 59.8 Å². The predicted octanol–water partition coefficient (Wildman–Crippen LogP) is 6.34. The number of hydrogen-bond donors (Lipinski definition) is 1. The summed E-state index contributed by atoms with van der Waals surface area (Å²) in [6.07, 6.45) is -4.49. The van der Waals surface area contributed by atoms with Crippen LogP contribution in [-0.4, -0.2) is 26.4 Å². The molecule has 0 aliphatic carbocycles. The van der Waals surface area contributed by atoms with Crippen LogP contribution in [0.4, 0.5) is 18.9 Å². The van der Waals surface area contributed by atoms with Crippen molar-refractivity contribution in [2.75, 3.05) is 11.1 Å². The van der Waals surface area contributed by atoms with E-state index in [2.05, 4.69) is 15.5 Å². The van der Waals surface area contributed by atoms with E-state index in [0.717, 1.165) is 35.1 Å². The summed E-state index contributed by atoms with van der Waals surface area (Å²) in [5, 5.41) is 12.0. The number of aromatic nitrogens is 3. The third kappa shape index (κ3) is 5.55. The van der Waals surface area contributed by atoms with Crippen LogP contribution in [-0.2, 0) is 11.0 Å². The van der Waals surface area contributed by atoms with Gasteiger partial charge in [-0.15, -0.1) is 10.2 Å². The van der Waals surface area contributed by atoms with Crippen molar-refractivity contribution in [2.45, 2.75) is 11.3 Å². The standard InChI is InChI=1S/C23H16ClF3N4OS/c24-17-9-11-19(12-10-17)31-21(15-5-2-1-3-6-15)29-30-22(31)33-14-20(32)28-18-8-4-7-16(13-18)23(25,26)27/h1-13H,14H2,(H,28,32). The second kappa shape index (κ2) is 9.68. The number of nitrogens with zero attached hydrogens (tertiary/aromatic N) is 3. The Morgan fingerprint density at radius 1 is 0.970 bits per heavy atom. The van der Waals surface area contributed by atoms with Gasteiger partial charge < -0.3 is 5.32 Å². The lowest BCUT2D eigenvalue weighted by Crippen LogP contribution is -2.15. The first kappa shape index (κ1) is 22.9. The van der Waals surface area contributed by atoms with Gasteiger partial charge >= 0.3 is 6.18 Å². The monoisotopic (exact) mass is 488 g/mol. The summed E-state index contributed by atoms with van der Waals surface area (Å²) in [7, 11) is 0. The van der Waals surface area contributed by atoms with Crippen LogP contribution in [0.5, 0.6) is 0 Å². The molecule has 0 bridgehead atoms. The van der Waals surface area contributed by atoms with E-state index in [-0.39, 0.29) is 11.4 Å². The minimum Gasteiger partial charge on any atom is -0.325 e. The first-order chi connectivity index (χ1) is 15.8. The van der Waals surface area contributed by atoms with Crippen molar-refractivity contribution in [2.24, 2.45) is 0 Å². The lowest BCUT2D eigenvalue weighted by atomic mass is 10.2. The summed E-state index contributed by atoms with van der Waals surface area (Å²) < 4.78 is 40.5. The van der Waals surface area contributed by atoms with Crippen molar-refractivity contribution in [3.05, 3.63) is 89.4 Å². The smallest absolute Gasteiger partial charge is 0.325 e. The highest BCUT2D eigenvalue weighted by Crippen LogP contribution is 2.31. The molecule has 0 atom stereocenters. The van der Waals surface area contributed by atoms with E-state index in [9.17, 15) is 18.0 Å². The number of thioether (sulfide) groups is 1. The molecule has 1 amide bonds. The number of carbonyl (C=O) groups excluding carboxylic acids is 1. The van der Waals surface area contributed by atoms with E-state index in [0.29, 0.717) is 16.0 Å². The van der Waals surface area contributed by atoms with Gasteiger partial charge in [-0.1, -0.05) is 59.8 Å². The Balaban J connectivity index is 1.55. The normalized spacial score (nSPS) is 11.4. The Morgan fingerprint density at radius 3 is 2.39 bits per heavy atom. The lowest BCUT2D eigenvalue weighted by molar-refractivity contribution is -0.137. The van der Waals surface area contributed by atoms with Crippen LogP contribution in [0, 0.1) is 0 Å². The molecule has 4 rings (SSSR count). The zero-order valence-electron chi connectivity index (χ0n) is 16.9. The van der Waals surface area contributed by atoms with E-state index < -0.39 is 17.6 Å². The molecule has 0 fully saturated rings. The third-order valence-corrected chi connectivity index (χ3v) is 5.74. The molecule has 5 nitrogen and oxygen atoms in total. The molecule has 4 aromatic rings. The minimum atomic E-state index is -4.49. The average molecular weight is 489 g/mol. The molecule has 0 radical (unpaired) electrons. The molecule has 0 saturated heterocycles. The molecule has 33 heavy (non-hydrogen) atoms. The van der Waals surface area contributed by atoms with Gasteiger partial charge in [0.25, 0.3) is 0 Å². The summed E-state index contributed by atoms with van der Waals surface area (Å²) in [5.74, 6) is 0.0430. The van der Waals surface area contributed by atoms with Gasteiger partial charge in [0.2, 0.25) is 5.91 Å². The minimum absolute atomic E-state index is 0.0690. The Labute approximate surface area is 196 Å². The fourth-order valence-electron chi connectivity index (χ4n) is 3.06. The summed E-state index contributed by atoms with van der Waals surface area (Å²) in [6.45, 7) is 0. The largest absolute Gasteiger partial charge is 0.416 e. The molecule has 0 aliphatic heterocycles. The lowest BCUT2D eigenvalue weighted by Gasteiger charge is -2.11. The number of hydrogen-bond acceptors (Lipinski definition) is 4. The maximum Gasteiger partial charge on any atom is 0.416 e. The highest BCUT2D eigenvalue weighted by Gasteiger charge is 2.30. The van der Waals surface area contributed by atoms with Gasteiger partial charge in [0.15, 0.2) is 11.0 Å². The maximum atomic E-state index is 12.9. The van der Waals surface area contributed by atoms with Crippen molar-refractivity contribution in [1.82, 2.24) is 14.8 Å². The fraction of sp³-hybridized carbons (Fsp3) is 0.0870. The number of nitrogens with one attached hydrogen (secondary N) is 1. The van der Waals surface area contributed by atoms with Crippen molar-refractivity contribution >= 4 is 35.0 Å². The van der Waals surface area contributed by atoms with E-state index in [1.54, 1.807) is 16.7 Å². The molecular weight excluding hydrogens is 473 g/mol. The Hall–Kier alpha value is -3.30. The Bertz CT molecular complexity index is 1260. The van der Waals surface area contributed by atoms with Crippen LogP contribution < -0.4 is 5.32 Å². The van der Waals surface area contributed by atoms with E-state index in [4.69, 9.17) is 11.6 Å². The van der Waals surface area contributed by atoms with E-state index in [1.807, 2.05) is 42.5 Å². The number of rotatable bonds is 6. The molecule has 168 valence electrons. The highest BCUT2D eigenvalue weighted by molar-refractivity contribution is 7.99. The predicted molar refractivity (Wildman–Crippen MR) is 123 cm³/mol. The first-order valence-corrected chi connectivity index (χ1v) is 11.0. The van der Waals surface area contributed by atoms with Crippen LogP contribution in [0.25, 0.3) is 17.1 Å². The number of benzene rings is 3. The molecule has 3 aromatic carbocycles. The highest BCUT2D eigenvalue weighted by atomic mass is 35.5. The molecule has 0 unspecified atom stereocenters. The SMILES string of the molecule is O=C(CSc1nnc(-c2ccccc2)n1-c1ccc(Cl)cc1)Nc1cccc(C(F)(F)F)c1. The van der Waals surface area contributed by atoms with Crippen molar-refractivity contribution in [3.63, 3.8) is 0 Å². The molecule has 10 heteroatoms. The second-order valence-corrected chi connectivity index (χ2v) is 8.28. The molecule has 1 heterocycles. The molecule has 0 aliphatic rings. The van der Waals surface area contributed by atoms with Crippen molar-refractivity contribution in [3.8, 4) is 17.1 Å². The van der Waals surface area contributed by atoms with Gasteiger partial charge in [0.05, 0.1) is 11.3 Å². The second-order valence-electron chi connectivity index (χ2n) is 6.90. The summed E-state index contributed by atoms with van der Waals surface area (Å²) in [6, 6.07) is 21.0. The van der Waals surface area contributed by atoms with Crippen LogP contribution in [0.15, 0.2) is 84.0 Å². The quantitative estimate of drug-likeness (QED) is 0.322. The molecule has 1 N–H and O–H groups in total. The summed E-state index contributed by atoms with van der Waals surface area (Å²) in [4.78, 5) is 12.4. The van der Waals surface area contributed by atoms with Crippen LogP contribution >= 0.6 is 23.4 Å². The number of anilines is 1. The van der Waals surface area contributed by atoms with Crippen LogP contribution in [0.1, 0.15) is 5.56 Å². The van der Waals surface area contributed by atoms with Crippen molar-refractivity contribution < 1.29 is 18.0 Å². The summed E-state index contributed by atoms with van der Waals surface area (Å²) in [5.41, 5.74) is 0.826. The fourth-order valence-corrected chi connectivity index (χ4v) is 3.94. The molecular formula is C23H16ClF3N4OS. The van der Waals surface area contributed by atoms with Crippen molar-refractivity contribution in [1.29, 1.82) is 0 Å². The van der Waals surface area contributed by atoms with Gasteiger partial charge in [-0.3, -0.25) is 9.36 Å². The van der Waals surface area contributed by atoms with E-state index in [1.165, 1.54) is 12.1 Å². The number of alkyl halides is 3. The molecule has 0 saturated carbocycles. The Morgan fingerprint density at radius 2 is 1.70 bits per heavy atom. The van der Waals surface area contributed by atoms with Crippen LogP contribution in [0.3, 0.4) is 0 Å². The number of halogens is 4. The zero-order chi connectivity index (χ0) is 23.4. The molecule has 0 spiro atoms. The van der Waals surface area contributed by atoms with Gasteiger partial charge in [-0.05, 0) is 42.5 Å². The van der Waals surface area contributed by atoms with Gasteiger partial charge in [-0.2, -0.15) is 13.2 Å². The number of carbonyl (C=O) groups is 1. The van der Waals surface area contributed by atoms with Gasteiger partial charge in [-0.25, -0.2) is 0 Å². The van der Waals surface area contributed by atoms with Crippen LogP contribution in [0.2, 0.25) is 5.02 Å². The average Bonchev–Trinajstić information content (AvgIpc) is 3.22. The molecule has 1 aromatic heterocycles. The summed E-state index contributed by atoms with van der Waals surface area (Å²) >= 11 is 7.14. The Kier molecular flexibility index (Phi) is 6.71.